The highest BCUT2D eigenvalue weighted by molar-refractivity contribution is 5.71. The monoisotopic (exact) mass is 280 g/mol. The topological polar surface area (TPSA) is 62.4 Å². The van der Waals surface area contributed by atoms with Crippen molar-refractivity contribution in [1.29, 1.82) is 0 Å². The van der Waals surface area contributed by atoms with Gasteiger partial charge in [-0.1, -0.05) is 46.0 Å². The van der Waals surface area contributed by atoms with Gasteiger partial charge in [0.05, 0.1) is 5.92 Å². The molecule has 3 atom stereocenters. The maximum absolute atomic E-state index is 11.5. The summed E-state index contributed by atoms with van der Waals surface area (Å²) in [5.74, 6) is -0.796. The van der Waals surface area contributed by atoms with Gasteiger partial charge in [-0.05, 0) is 18.3 Å². The number of carboxylic acid groups (broad SMARTS) is 1. The summed E-state index contributed by atoms with van der Waals surface area (Å²) in [4.78, 5) is 11.5. The second-order valence-corrected chi connectivity index (χ2v) is 7.62. The molecule has 4 fully saturated rings. The lowest BCUT2D eigenvalue weighted by Crippen LogP contribution is -2.44. The summed E-state index contributed by atoms with van der Waals surface area (Å²) >= 11 is 0. The van der Waals surface area contributed by atoms with E-state index in [1.807, 2.05) is 0 Å². The quantitative estimate of drug-likeness (QED) is 0.807. The van der Waals surface area contributed by atoms with Gasteiger partial charge in [0.15, 0.2) is 0 Å². The van der Waals surface area contributed by atoms with Crippen molar-refractivity contribution in [2.24, 2.45) is 23.2 Å². The second kappa shape index (κ2) is 3.77. The van der Waals surface area contributed by atoms with Crippen LogP contribution in [0, 0.1) is 23.2 Å². The van der Waals surface area contributed by atoms with Crippen LogP contribution in [0.4, 0.5) is 0 Å². The van der Waals surface area contributed by atoms with Crippen LogP contribution in [0.15, 0.2) is 0 Å². The Morgan fingerprint density at radius 2 is 1.85 bits per heavy atom. The Hall–Kier alpha value is -0.610. The van der Waals surface area contributed by atoms with E-state index in [1.165, 1.54) is 32.1 Å². The van der Waals surface area contributed by atoms with Gasteiger partial charge in [0.2, 0.25) is 11.6 Å². The van der Waals surface area contributed by atoms with Gasteiger partial charge in [-0.15, -0.1) is 0 Å². The molecule has 2 aliphatic carbocycles. The lowest BCUT2D eigenvalue weighted by Gasteiger charge is -2.43. The predicted octanol–water partition coefficient (Wildman–Crippen LogP) is 3.16. The van der Waals surface area contributed by atoms with E-state index in [0.29, 0.717) is 24.7 Å². The van der Waals surface area contributed by atoms with Crippen LogP contribution in [0.25, 0.3) is 0 Å². The highest BCUT2D eigenvalue weighted by atomic mass is 17.0. The number of rotatable bonds is 3. The number of hydrogen-bond donors (Lipinski definition) is 1. The van der Waals surface area contributed by atoms with Crippen LogP contribution in [0.5, 0.6) is 0 Å². The fourth-order valence-corrected chi connectivity index (χ4v) is 5.16. The molecule has 2 saturated heterocycles. The average molecular weight is 280 g/mol. The van der Waals surface area contributed by atoms with E-state index < -0.39 is 17.5 Å². The molecule has 2 aliphatic heterocycles. The number of carboxylic acids is 1. The van der Waals surface area contributed by atoms with Crippen molar-refractivity contribution < 1.29 is 19.4 Å². The maximum atomic E-state index is 11.5. The van der Waals surface area contributed by atoms with Crippen molar-refractivity contribution in [2.75, 3.05) is 0 Å². The van der Waals surface area contributed by atoms with Crippen LogP contribution in [-0.2, 0) is 14.3 Å². The largest absolute Gasteiger partial charge is 0.481 e. The molecular weight excluding hydrogens is 256 g/mol. The summed E-state index contributed by atoms with van der Waals surface area (Å²) in [5, 5.41) is 9.42. The Kier molecular flexibility index (Phi) is 2.47. The molecule has 2 saturated carbocycles. The maximum Gasteiger partial charge on any atom is 0.306 e. The standard InChI is InChI=1S/C16H24O4/c1-10(11-6-4-3-5-7-11)14(2)8-12(13(17)18)9-15-16(14,19-15)20-15/h10-12H,3-9H2,1-2H3,(H,17,18). The van der Waals surface area contributed by atoms with Crippen molar-refractivity contribution in [3.05, 3.63) is 0 Å². The molecule has 3 unspecified atom stereocenters. The molecule has 4 nitrogen and oxygen atoms in total. The third-order valence-electron chi connectivity index (χ3n) is 6.68. The molecule has 4 rings (SSSR count). The molecule has 0 radical (unpaired) electrons. The Morgan fingerprint density at radius 3 is 2.45 bits per heavy atom. The van der Waals surface area contributed by atoms with Crippen LogP contribution in [0.3, 0.4) is 0 Å². The highest BCUT2D eigenvalue weighted by Gasteiger charge is 2.98. The molecule has 0 aromatic heterocycles. The normalized spacial score (nSPS) is 51.8. The summed E-state index contributed by atoms with van der Waals surface area (Å²) < 4.78 is 11.7. The van der Waals surface area contributed by atoms with Gasteiger partial charge in [-0.2, -0.15) is 0 Å². The summed E-state index contributed by atoms with van der Waals surface area (Å²) in [6.07, 6.45) is 7.76. The van der Waals surface area contributed by atoms with E-state index in [1.54, 1.807) is 0 Å². The fourth-order valence-electron chi connectivity index (χ4n) is 5.16. The summed E-state index contributed by atoms with van der Waals surface area (Å²) in [7, 11) is 0. The van der Waals surface area contributed by atoms with Gasteiger partial charge in [0, 0.05) is 11.8 Å². The second-order valence-electron chi connectivity index (χ2n) is 7.62. The molecule has 0 aromatic carbocycles. The lowest BCUT2D eigenvalue weighted by atomic mass is 9.59. The van der Waals surface area contributed by atoms with E-state index in [-0.39, 0.29) is 11.3 Å². The Morgan fingerprint density at radius 1 is 1.20 bits per heavy atom. The van der Waals surface area contributed by atoms with Gasteiger partial charge in [0.25, 0.3) is 0 Å². The number of aliphatic carboxylic acids is 1. The molecule has 4 heteroatoms. The summed E-state index contributed by atoms with van der Waals surface area (Å²) in [6, 6.07) is 0. The third kappa shape index (κ3) is 1.42. The first kappa shape index (κ1) is 13.1. The molecule has 0 amide bonds. The molecule has 0 spiro atoms. The lowest BCUT2D eigenvalue weighted by molar-refractivity contribution is -0.150. The van der Waals surface area contributed by atoms with Crippen LogP contribution in [0.1, 0.15) is 58.8 Å². The minimum atomic E-state index is -0.693. The number of ether oxygens (including phenoxy) is 2. The average Bonchev–Trinajstić information content (AvgIpc) is 3.26. The highest BCUT2D eigenvalue weighted by Crippen LogP contribution is 2.82. The minimum Gasteiger partial charge on any atom is -0.481 e. The number of hydrogen-bond acceptors (Lipinski definition) is 3. The SMILES string of the molecule is CC(C1CCCCC1)C1(C)CC(C(=O)O)CC23OC21O3. The first-order chi connectivity index (χ1) is 9.44. The Balaban J connectivity index is 1.60. The van der Waals surface area contributed by atoms with Crippen LogP contribution < -0.4 is 0 Å². The summed E-state index contributed by atoms with van der Waals surface area (Å²) in [6.45, 7) is 4.50. The fraction of sp³-hybridized carbons (Fsp3) is 0.938. The molecule has 4 aliphatic rings. The molecule has 1 N–H and O–H groups in total. The van der Waals surface area contributed by atoms with E-state index in [9.17, 15) is 9.90 Å². The molecule has 0 bridgehead atoms. The zero-order chi connectivity index (χ0) is 14.2. The smallest absolute Gasteiger partial charge is 0.306 e. The van der Waals surface area contributed by atoms with Gasteiger partial charge in [0.1, 0.15) is 0 Å². The molecule has 0 aromatic rings. The number of carbonyl (C=O) groups is 1. The van der Waals surface area contributed by atoms with E-state index in [0.717, 1.165) is 0 Å². The zero-order valence-corrected chi connectivity index (χ0v) is 12.4. The molecule has 112 valence electrons. The first-order valence-electron chi connectivity index (χ1n) is 8.07. The van der Waals surface area contributed by atoms with Crippen molar-refractivity contribution in [2.45, 2.75) is 70.4 Å². The zero-order valence-electron chi connectivity index (χ0n) is 12.4. The van der Waals surface area contributed by atoms with Gasteiger partial charge < -0.3 is 14.6 Å². The van der Waals surface area contributed by atoms with Crippen LogP contribution in [-0.4, -0.2) is 22.7 Å². The number of epoxide rings is 2. The van der Waals surface area contributed by atoms with E-state index in [2.05, 4.69) is 13.8 Å². The van der Waals surface area contributed by atoms with Crippen molar-refractivity contribution in [3.63, 3.8) is 0 Å². The van der Waals surface area contributed by atoms with Crippen molar-refractivity contribution in [1.82, 2.24) is 0 Å². The Labute approximate surface area is 119 Å². The van der Waals surface area contributed by atoms with Crippen LogP contribution >= 0.6 is 0 Å². The minimum absolute atomic E-state index is 0.143. The molecule has 2 heterocycles. The van der Waals surface area contributed by atoms with E-state index in [4.69, 9.17) is 9.47 Å². The first-order valence-corrected chi connectivity index (χ1v) is 8.07. The third-order valence-corrected chi connectivity index (χ3v) is 6.68. The van der Waals surface area contributed by atoms with Gasteiger partial charge in [-0.25, -0.2) is 0 Å². The van der Waals surface area contributed by atoms with Gasteiger partial charge in [-0.3, -0.25) is 4.79 Å². The molecule has 20 heavy (non-hydrogen) atoms. The molecular formula is C16H24O4. The summed E-state index contributed by atoms with van der Waals surface area (Å²) in [5.41, 5.74) is -0.143. The Bertz CT molecular complexity index is 447. The van der Waals surface area contributed by atoms with Crippen molar-refractivity contribution in [3.8, 4) is 0 Å². The van der Waals surface area contributed by atoms with Gasteiger partial charge >= 0.3 is 5.97 Å². The predicted molar refractivity (Wildman–Crippen MR) is 71.8 cm³/mol. The van der Waals surface area contributed by atoms with E-state index >= 15 is 0 Å². The van der Waals surface area contributed by atoms with Crippen LogP contribution in [0.2, 0.25) is 0 Å². The van der Waals surface area contributed by atoms with Crippen molar-refractivity contribution >= 4 is 5.97 Å².